The van der Waals surface area contributed by atoms with E-state index in [9.17, 15) is 18.0 Å². The average Bonchev–Trinajstić information content (AvgIpc) is 3.04. The van der Waals surface area contributed by atoms with Crippen molar-refractivity contribution in [1.29, 1.82) is 0 Å². The van der Waals surface area contributed by atoms with Crippen LogP contribution in [0.4, 0.5) is 18.3 Å². The van der Waals surface area contributed by atoms with E-state index in [0.717, 1.165) is 15.5 Å². The fourth-order valence-corrected chi connectivity index (χ4v) is 4.75. The van der Waals surface area contributed by atoms with E-state index in [1.807, 2.05) is 20.8 Å². The van der Waals surface area contributed by atoms with Crippen LogP contribution in [0.25, 0.3) is 0 Å². The molecule has 1 aromatic heterocycles. The topological polar surface area (TPSA) is 51.7 Å². The fourth-order valence-electron chi connectivity index (χ4n) is 2.26. The molecule has 0 N–H and O–H groups in total. The molecule has 0 atom stereocenters. The van der Waals surface area contributed by atoms with Crippen LogP contribution in [-0.2, 0) is 11.3 Å². The van der Waals surface area contributed by atoms with Gasteiger partial charge in [-0.15, -0.1) is 11.8 Å². The highest BCUT2D eigenvalue weighted by Crippen LogP contribution is 2.39. The van der Waals surface area contributed by atoms with Gasteiger partial charge in [0.15, 0.2) is 5.13 Å². The summed E-state index contributed by atoms with van der Waals surface area (Å²) in [6, 6.07) is 4.71. The summed E-state index contributed by atoms with van der Waals surface area (Å²) in [5, 5.41) is -0.0213. The first-order valence-corrected chi connectivity index (χ1v) is 9.82. The number of amides is 1. The van der Waals surface area contributed by atoms with Gasteiger partial charge < -0.3 is 9.47 Å². The second kappa shape index (κ2) is 8.60. The third-order valence-electron chi connectivity index (χ3n) is 3.42. The summed E-state index contributed by atoms with van der Waals surface area (Å²) >= 11 is 2.52. The molecule has 0 fully saturated rings. The average molecular weight is 435 g/mol. The van der Waals surface area contributed by atoms with Gasteiger partial charge in [-0.2, -0.15) is 13.2 Å². The number of hydrogen-bond acceptors (Lipinski definition) is 6. The first-order valence-electron chi connectivity index (χ1n) is 8.19. The Kier molecular flexibility index (Phi) is 6.87. The van der Waals surface area contributed by atoms with Crippen molar-refractivity contribution in [3.05, 3.63) is 30.0 Å². The van der Waals surface area contributed by atoms with Gasteiger partial charge in [0, 0.05) is 16.4 Å². The van der Waals surface area contributed by atoms with Gasteiger partial charge in [-0.1, -0.05) is 32.1 Å². The van der Waals surface area contributed by atoms with E-state index in [4.69, 9.17) is 9.47 Å². The molecular formula is C18H21F3N2O3S2. The SMILES string of the molecule is COc1ccc(CN(C(=O)C(F)(F)F)c2ncc(SC(C)(C)C)s2)c(OC)c1. The second-order valence-corrected chi connectivity index (χ2v) is 9.88. The van der Waals surface area contributed by atoms with Crippen LogP contribution in [0, 0.1) is 0 Å². The first-order chi connectivity index (χ1) is 12.9. The largest absolute Gasteiger partial charge is 0.497 e. The Hall–Kier alpha value is -1.94. The number of nitrogens with zero attached hydrogens (tertiary/aromatic N) is 2. The molecular weight excluding hydrogens is 413 g/mol. The molecule has 0 saturated carbocycles. The van der Waals surface area contributed by atoms with E-state index in [2.05, 4.69) is 4.98 Å². The molecule has 10 heteroatoms. The van der Waals surface area contributed by atoms with Crippen molar-refractivity contribution in [2.75, 3.05) is 19.1 Å². The van der Waals surface area contributed by atoms with Crippen LogP contribution in [-0.4, -0.2) is 36.0 Å². The Bertz CT molecular complexity index is 832. The number of carbonyl (C=O) groups excluding carboxylic acids is 1. The van der Waals surface area contributed by atoms with Gasteiger partial charge in [-0.05, 0) is 12.1 Å². The van der Waals surface area contributed by atoms with E-state index in [1.54, 1.807) is 18.2 Å². The molecule has 1 amide bonds. The molecule has 0 spiro atoms. The number of benzene rings is 1. The van der Waals surface area contributed by atoms with Gasteiger partial charge in [-0.3, -0.25) is 9.69 Å². The molecule has 2 aromatic rings. The number of halogens is 3. The number of ether oxygens (including phenoxy) is 2. The first kappa shape index (κ1) is 22.4. The van der Waals surface area contributed by atoms with Crippen LogP contribution in [0.1, 0.15) is 26.3 Å². The maximum Gasteiger partial charge on any atom is 0.471 e. The van der Waals surface area contributed by atoms with E-state index in [0.29, 0.717) is 22.0 Å². The summed E-state index contributed by atoms with van der Waals surface area (Å²) in [5.74, 6) is -1.17. The summed E-state index contributed by atoms with van der Waals surface area (Å²) in [6.45, 7) is 5.62. The Morgan fingerprint density at radius 3 is 2.43 bits per heavy atom. The van der Waals surface area contributed by atoms with Crippen LogP contribution in [0.15, 0.2) is 28.6 Å². The minimum atomic E-state index is -5.03. The van der Waals surface area contributed by atoms with Crippen LogP contribution >= 0.6 is 23.1 Å². The highest BCUT2D eigenvalue weighted by molar-refractivity contribution is 8.02. The Balaban J connectivity index is 2.40. The molecule has 0 aliphatic carbocycles. The van der Waals surface area contributed by atoms with Gasteiger partial charge in [0.25, 0.3) is 0 Å². The van der Waals surface area contributed by atoms with Gasteiger partial charge in [-0.25, -0.2) is 4.98 Å². The zero-order chi connectivity index (χ0) is 21.1. The maximum atomic E-state index is 13.2. The molecule has 0 aliphatic rings. The summed E-state index contributed by atoms with van der Waals surface area (Å²) in [7, 11) is 2.87. The zero-order valence-electron chi connectivity index (χ0n) is 16.1. The molecule has 154 valence electrons. The summed E-state index contributed by atoms with van der Waals surface area (Å²) in [6.07, 6.45) is -3.54. The van der Waals surface area contributed by atoms with Gasteiger partial charge in [0.2, 0.25) is 0 Å². The van der Waals surface area contributed by atoms with Crippen molar-refractivity contribution < 1.29 is 27.4 Å². The lowest BCUT2D eigenvalue weighted by molar-refractivity contribution is -0.170. The minimum Gasteiger partial charge on any atom is -0.497 e. The molecule has 1 aromatic carbocycles. The molecule has 2 rings (SSSR count). The highest BCUT2D eigenvalue weighted by atomic mass is 32.2. The Morgan fingerprint density at radius 2 is 1.89 bits per heavy atom. The third-order valence-corrected chi connectivity index (χ3v) is 5.65. The normalized spacial score (nSPS) is 12.0. The summed E-state index contributed by atoms with van der Waals surface area (Å²) in [4.78, 5) is 16.8. The van der Waals surface area contributed by atoms with Crippen LogP contribution in [0.3, 0.4) is 0 Å². The highest BCUT2D eigenvalue weighted by Gasteiger charge is 2.44. The number of thiazole rings is 1. The van der Waals surface area contributed by atoms with Crippen LogP contribution in [0.2, 0.25) is 0 Å². The molecule has 0 bridgehead atoms. The van der Waals surface area contributed by atoms with Crippen LogP contribution in [0.5, 0.6) is 11.5 Å². The van der Waals surface area contributed by atoms with E-state index in [1.165, 1.54) is 32.2 Å². The number of carbonyl (C=O) groups is 1. The minimum absolute atomic E-state index is 0.0213. The quantitative estimate of drug-likeness (QED) is 0.589. The van der Waals surface area contributed by atoms with Crippen molar-refractivity contribution in [3.8, 4) is 11.5 Å². The standard InChI is InChI=1S/C18H21F3N2O3S2/c1-17(2,3)28-14-9-22-16(27-14)23(15(24)18(19,20)21)10-11-6-7-12(25-4)8-13(11)26-5/h6-9H,10H2,1-5H3. The van der Waals surface area contributed by atoms with Crippen molar-refractivity contribution >= 4 is 34.1 Å². The Labute approximate surface area is 169 Å². The molecule has 0 radical (unpaired) electrons. The maximum absolute atomic E-state index is 13.2. The lowest BCUT2D eigenvalue weighted by Gasteiger charge is -2.22. The number of alkyl halides is 3. The van der Waals surface area contributed by atoms with Crippen molar-refractivity contribution in [2.45, 2.75) is 42.4 Å². The molecule has 5 nitrogen and oxygen atoms in total. The summed E-state index contributed by atoms with van der Waals surface area (Å²) < 4.78 is 50.5. The van der Waals surface area contributed by atoms with Crippen LogP contribution < -0.4 is 14.4 Å². The summed E-state index contributed by atoms with van der Waals surface area (Å²) in [5.41, 5.74) is 0.404. The van der Waals surface area contributed by atoms with Crippen molar-refractivity contribution in [2.24, 2.45) is 0 Å². The number of anilines is 1. The van der Waals surface area contributed by atoms with E-state index >= 15 is 0 Å². The number of thioether (sulfide) groups is 1. The van der Waals surface area contributed by atoms with Gasteiger partial charge in [0.05, 0.1) is 31.2 Å². The zero-order valence-corrected chi connectivity index (χ0v) is 17.7. The van der Waals surface area contributed by atoms with E-state index in [-0.39, 0.29) is 16.4 Å². The third kappa shape index (κ3) is 5.78. The van der Waals surface area contributed by atoms with Crippen molar-refractivity contribution in [1.82, 2.24) is 4.98 Å². The fraction of sp³-hybridized carbons (Fsp3) is 0.444. The number of aromatic nitrogens is 1. The Morgan fingerprint density at radius 1 is 1.21 bits per heavy atom. The number of rotatable bonds is 6. The molecule has 0 aliphatic heterocycles. The molecule has 28 heavy (non-hydrogen) atoms. The number of hydrogen-bond donors (Lipinski definition) is 0. The van der Waals surface area contributed by atoms with Gasteiger partial charge in [0.1, 0.15) is 11.5 Å². The lowest BCUT2D eigenvalue weighted by atomic mass is 10.1. The molecule has 0 saturated heterocycles. The molecule has 0 unspecified atom stereocenters. The second-order valence-electron chi connectivity index (χ2n) is 6.74. The lowest BCUT2D eigenvalue weighted by Crippen LogP contribution is -2.40. The van der Waals surface area contributed by atoms with Crippen molar-refractivity contribution in [3.63, 3.8) is 0 Å². The predicted octanol–water partition coefficient (Wildman–Crippen LogP) is 5.15. The molecule has 1 heterocycles. The smallest absolute Gasteiger partial charge is 0.471 e. The monoisotopic (exact) mass is 434 g/mol. The predicted molar refractivity (Wildman–Crippen MR) is 105 cm³/mol. The van der Waals surface area contributed by atoms with Gasteiger partial charge >= 0.3 is 12.1 Å². The number of methoxy groups -OCH3 is 2. The van der Waals surface area contributed by atoms with E-state index < -0.39 is 12.1 Å².